The van der Waals surface area contributed by atoms with E-state index in [0.29, 0.717) is 28.9 Å². The minimum Gasteiger partial charge on any atom is -0.508 e. The molecule has 0 unspecified atom stereocenters. The van der Waals surface area contributed by atoms with Gasteiger partial charge in [-0.25, -0.2) is 0 Å². The zero-order chi connectivity index (χ0) is 21.0. The Morgan fingerprint density at radius 2 is 1.83 bits per heavy atom. The van der Waals surface area contributed by atoms with Crippen LogP contribution in [0.1, 0.15) is 72.0 Å². The third kappa shape index (κ3) is 3.04. The number of aliphatic hydroxyl groups is 1. The lowest BCUT2D eigenvalue weighted by Gasteiger charge is -2.50. The summed E-state index contributed by atoms with van der Waals surface area (Å²) in [5.41, 5.74) is 3.80. The van der Waals surface area contributed by atoms with Gasteiger partial charge in [0, 0.05) is 17.5 Å². The van der Waals surface area contributed by atoms with E-state index < -0.39 is 0 Å². The number of carbonyl (C=O) groups is 1. The van der Waals surface area contributed by atoms with Gasteiger partial charge in [0.1, 0.15) is 11.5 Å². The highest BCUT2D eigenvalue weighted by molar-refractivity contribution is 5.97. The van der Waals surface area contributed by atoms with Gasteiger partial charge in [-0.05, 0) is 103 Å². The van der Waals surface area contributed by atoms with Crippen LogP contribution in [-0.4, -0.2) is 27.2 Å². The highest BCUT2D eigenvalue weighted by Crippen LogP contribution is 2.61. The van der Waals surface area contributed by atoms with Gasteiger partial charge in [-0.1, -0.05) is 13.0 Å². The van der Waals surface area contributed by atoms with Crippen molar-refractivity contribution in [3.05, 3.63) is 58.7 Å². The molecule has 0 radical (unpaired) electrons. The van der Waals surface area contributed by atoms with Crippen LogP contribution < -0.4 is 0 Å². The van der Waals surface area contributed by atoms with Crippen LogP contribution in [0.4, 0.5) is 0 Å². The Balaban J connectivity index is 1.43. The lowest BCUT2D eigenvalue weighted by atomic mass is 9.55. The van der Waals surface area contributed by atoms with Gasteiger partial charge in [0.15, 0.2) is 5.78 Å². The lowest BCUT2D eigenvalue weighted by Crippen LogP contribution is -2.43. The third-order valence-corrected chi connectivity index (χ3v) is 8.41. The number of hydrogen-bond acceptors (Lipinski definition) is 4. The SMILES string of the molecule is C[C@]12CC[C@@H]3c4cc(CC(=O)c5ccc(O)cc5)c(O)cc4CC[C@H]3[C@@H]1CC[C@@H]2O. The Morgan fingerprint density at radius 3 is 2.60 bits per heavy atom. The zero-order valence-electron chi connectivity index (χ0n) is 17.5. The molecule has 3 N–H and O–H groups in total. The topological polar surface area (TPSA) is 77.8 Å². The van der Waals surface area contributed by atoms with E-state index in [4.69, 9.17) is 0 Å². The molecule has 4 nitrogen and oxygen atoms in total. The average molecular weight is 407 g/mol. The maximum Gasteiger partial charge on any atom is 0.167 e. The third-order valence-electron chi connectivity index (χ3n) is 8.41. The summed E-state index contributed by atoms with van der Waals surface area (Å²) in [4.78, 5) is 12.7. The number of aromatic hydroxyl groups is 2. The van der Waals surface area contributed by atoms with Crippen molar-refractivity contribution in [3.8, 4) is 11.5 Å². The summed E-state index contributed by atoms with van der Waals surface area (Å²) < 4.78 is 0. The van der Waals surface area contributed by atoms with Gasteiger partial charge in [0.05, 0.1) is 6.10 Å². The predicted octanol–water partition coefficient (Wildman–Crippen LogP) is 4.74. The molecule has 2 saturated carbocycles. The molecule has 4 heteroatoms. The van der Waals surface area contributed by atoms with E-state index in [2.05, 4.69) is 13.0 Å². The molecule has 30 heavy (non-hydrogen) atoms. The van der Waals surface area contributed by atoms with Crippen molar-refractivity contribution < 1.29 is 20.1 Å². The Labute approximate surface area is 177 Å². The van der Waals surface area contributed by atoms with Crippen molar-refractivity contribution in [2.24, 2.45) is 17.3 Å². The summed E-state index contributed by atoms with van der Waals surface area (Å²) >= 11 is 0. The van der Waals surface area contributed by atoms with Gasteiger partial charge in [-0.3, -0.25) is 4.79 Å². The molecule has 5 rings (SSSR count). The molecule has 2 aromatic rings. The highest BCUT2D eigenvalue weighted by Gasteiger charge is 2.54. The molecule has 0 heterocycles. The van der Waals surface area contributed by atoms with Crippen molar-refractivity contribution in [3.63, 3.8) is 0 Å². The maximum atomic E-state index is 12.7. The number of fused-ring (bicyclic) bond motifs is 5. The second-order valence-electron chi connectivity index (χ2n) is 9.88. The van der Waals surface area contributed by atoms with Crippen LogP contribution in [0.5, 0.6) is 11.5 Å². The van der Waals surface area contributed by atoms with Crippen LogP contribution in [0.15, 0.2) is 36.4 Å². The Morgan fingerprint density at radius 1 is 1.07 bits per heavy atom. The molecule has 5 atom stereocenters. The molecule has 3 aliphatic rings. The minimum atomic E-state index is -0.178. The van der Waals surface area contributed by atoms with E-state index >= 15 is 0 Å². The molecule has 0 spiro atoms. The number of rotatable bonds is 3. The summed E-state index contributed by atoms with van der Waals surface area (Å²) in [5.74, 6) is 1.88. The number of benzene rings is 2. The minimum absolute atomic E-state index is 0.0489. The van der Waals surface area contributed by atoms with Gasteiger partial charge in [-0.2, -0.15) is 0 Å². The van der Waals surface area contributed by atoms with Gasteiger partial charge in [0.25, 0.3) is 0 Å². The van der Waals surface area contributed by atoms with Crippen molar-refractivity contribution in [1.82, 2.24) is 0 Å². The Hall–Kier alpha value is -2.33. The zero-order valence-corrected chi connectivity index (χ0v) is 17.5. The molecule has 0 aliphatic heterocycles. The Kier molecular flexibility index (Phi) is 4.66. The number of aryl methyl sites for hydroxylation is 1. The van der Waals surface area contributed by atoms with Gasteiger partial charge in [0.2, 0.25) is 0 Å². The first-order chi connectivity index (χ1) is 14.4. The van der Waals surface area contributed by atoms with Crippen molar-refractivity contribution in [2.45, 2.75) is 63.9 Å². The van der Waals surface area contributed by atoms with Crippen LogP contribution in [-0.2, 0) is 12.8 Å². The first-order valence-corrected chi connectivity index (χ1v) is 11.2. The molecule has 0 bridgehead atoms. The van der Waals surface area contributed by atoms with Crippen LogP contribution in [0, 0.1) is 17.3 Å². The molecule has 2 fully saturated rings. The normalized spacial score (nSPS) is 32.2. The van der Waals surface area contributed by atoms with Crippen molar-refractivity contribution in [2.75, 3.05) is 0 Å². The fourth-order valence-electron chi connectivity index (χ4n) is 6.69. The number of phenolic OH excluding ortho intramolecular Hbond substituents is 2. The summed E-state index contributed by atoms with van der Waals surface area (Å²) in [6.45, 7) is 2.28. The monoisotopic (exact) mass is 406 g/mol. The van der Waals surface area contributed by atoms with E-state index in [1.165, 1.54) is 23.3 Å². The quantitative estimate of drug-likeness (QED) is 0.644. The molecule has 2 aromatic carbocycles. The summed E-state index contributed by atoms with van der Waals surface area (Å²) in [7, 11) is 0. The first-order valence-electron chi connectivity index (χ1n) is 11.2. The molecule has 0 amide bonds. The van der Waals surface area contributed by atoms with E-state index in [1.54, 1.807) is 12.1 Å². The second kappa shape index (κ2) is 7.12. The maximum absolute atomic E-state index is 12.7. The van der Waals surface area contributed by atoms with E-state index in [-0.39, 0.29) is 35.2 Å². The summed E-state index contributed by atoms with van der Waals surface area (Å²) in [6.07, 6.45) is 6.19. The van der Waals surface area contributed by atoms with Crippen LogP contribution in [0.3, 0.4) is 0 Å². The average Bonchev–Trinajstić information content (AvgIpc) is 3.03. The fourth-order valence-corrected chi connectivity index (χ4v) is 6.69. The van der Waals surface area contributed by atoms with Gasteiger partial charge < -0.3 is 15.3 Å². The van der Waals surface area contributed by atoms with Crippen LogP contribution in [0.25, 0.3) is 0 Å². The molecular weight excluding hydrogens is 376 g/mol. The second-order valence-corrected chi connectivity index (χ2v) is 9.88. The molecular formula is C26H30O4. The number of phenols is 2. The number of carbonyl (C=O) groups excluding carboxylic acids is 1. The number of hydrogen-bond donors (Lipinski definition) is 3. The molecule has 0 saturated heterocycles. The van der Waals surface area contributed by atoms with E-state index in [0.717, 1.165) is 38.5 Å². The van der Waals surface area contributed by atoms with Crippen LogP contribution >= 0.6 is 0 Å². The largest absolute Gasteiger partial charge is 0.508 e. The number of aliphatic hydroxyl groups excluding tert-OH is 1. The fraction of sp³-hybridized carbons (Fsp3) is 0.500. The lowest BCUT2D eigenvalue weighted by molar-refractivity contribution is -0.0226. The van der Waals surface area contributed by atoms with Gasteiger partial charge >= 0.3 is 0 Å². The Bertz CT molecular complexity index is 979. The standard InChI is InChI=1S/C26H30O4/c1-26-11-10-19-20(22(26)8-9-25(26)30)7-4-16-13-24(29)17(12-21(16)19)14-23(28)15-2-5-18(27)6-3-15/h2-3,5-6,12-13,19-20,22,25,27,29-30H,4,7-11,14H2,1H3/t19-,20+,22-,25-,26-/m0/s1. The van der Waals surface area contributed by atoms with Crippen LogP contribution in [0.2, 0.25) is 0 Å². The molecule has 158 valence electrons. The van der Waals surface area contributed by atoms with Crippen molar-refractivity contribution >= 4 is 5.78 Å². The summed E-state index contributed by atoms with van der Waals surface area (Å²) in [5, 5.41) is 30.6. The van der Waals surface area contributed by atoms with E-state index in [9.17, 15) is 20.1 Å². The first kappa shape index (κ1) is 19.6. The molecule has 0 aromatic heterocycles. The molecule has 3 aliphatic carbocycles. The van der Waals surface area contributed by atoms with Gasteiger partial charge in [-0.15, -0.1) is 0 Å². The summed E-state index contributed by atoms with van der Waals surface area (Å²) in [6, 6.07) is 10.2. The number of Topliss-reactive ketones (excluding diaryl/α,β-unsaturated/α-hetero) is 1. The smallest absolute Gasteiger partial charge is 0.167 e. The van der Waals surface area contributed by atoms with E-state index in [1.807, 2.05) is 6.07 Å². The van der Waals surface area contributed by atoms with Crippen molar-refractivity contribution in [1.29, 1.82) is 0 Å². The predicted molar refractivity (Wildman–Crippen MR) is 115 cm³/mol. The highest BCUT2D eigenvalue weighted by atomic mass is 16.3. The number of ketones is 1.